The molecule has 1 heterocycles. The molecule has 1 saturated heterocycles. The Bertz CT molecular complexity index is 817. The number of rotatable bonds is 8. The molecule has 3 rings (SSSR count). The molecule has 0 amide bonds. The van der Waals surface area contributed by atoms with Crippen molar-refractivity contribution in [3.05, 3.63) is 54.1 Å². The second-order valence-corrected chi connectivity index (χ2v) is 7.84. The van der Waals surface area contributed by atoms with Gasteiger partial charge in [0.05, 0.1) is 18.1 Å². The van der Waals surface area contributed by atoms with E-state index in [4.69, 9.17) is 14.2 Å². The van der Waals surface area contributed by atoms with Crippen LogP contribution in [0.1, 0.15) is 18.4 Å². The summed E-state index contributed by atoms with van der Waals surface area (Å²) in [5.74, 6) is 1.19. The fourth-order valence-electron chi connectivity index (χ4n) is 2.76. The van der Waals surface area contributed by atoms with Crippen LogP contribution in [0.5, 0.6) is 11.5 Å². The fraction of sp³-hybridized carbons (Fsp3) is 0.368. The molecular formula is C19H23NO5S. The van der Waals surface area contributed by atoms with E-state index in [0.29, 0.717) is 18.1 Å². The van der Waals surface area contributed by atoms with Gasteiger partial charge in [-0.2, -0.15) is 0 Å². The van der Waals surface area contributed by atoms with Gasteiger partial charge in [0.1, 0.15) is 6.61 Å². The van der Waals surface area contributed by atoms with Crippen LogP contribution < -0.4 is 14.2 Å². The first-order chi connectivity index (χ1) is 12.6. The molecule has 0 spiro atoms. The lowest BCUT2D eigenvalue weighted by atomic mass is 10.2. The molecule has 0 saturated carbocycles. The third-order valence-corrected chi connectivity index (χ3v) is 5.61. The van der Waals surface area contributed by atoms with Crippen LogP contribution in [0, 0.1) is 0 Å². The van der Waals surface area contributed by atoms with Crippen molar-refractivity contribution in [3.63, 3.8) is 0 Å². The van der Waals surface area contributed by atoms with Crippen molar-refractivity contribution < 1.29 is 22.6 Å². The minimum absolute atomic E-state index is 0.122. The number of benzene rings is 2. The first kappa shape index (κ1) is 18.7. The summed E-state index contributed by atoms with van der Waals surface area (Å²) in [5.41, 5.74) is 0.783. The summed E-state index contributed by atoms with van der Waals surface area (Å²) >= 11 is 0. The molecule has 6 nitrogen and oxygen atoms in total. The van der Waals surface area contributed by atoms with E-state index in [0.717, 1.165) is 25.0 Å². The van der Waals surface area contributed by atoms with Crippen LogP contribution in [0.2, 0.25) is 0 Å². The van der Waals surface area contributed by atoms with Gasteiger partial charge in [0.15, 0.2) is 11.5 Å². The van der Waals surface area contributed by atoms with E-state index >= 15 is 0 Å². The molecule has 7 heteroatoms. The molecule has 1 aliphatic heterocycles. The van der Waals surface area contributed by atoms with E-state index in [-0.39, 0.29) is 17.5 Å². The van der Waals surface area contributed by atoms with Crippen molar-refractivity contribution in [2.45, 2.75) is 30.4 Å². The molecule has 0 aliphatic carbocycles. The largest absolute Gasteiger partial charge is 0.493 e. The number of hydrogen-bond acceptors (Lipinski definition) is 5. The highest BCUT2D eigenvalue weighted by Crippen LogP contribution is 2.29. The van der Waals surface area contributed by atoms with E-state index in [2.05, 4.69) is 4.72 Å². The van der Waals surface area contributed by atoms with E-state index in [1.54, 1.807) is 49.6 Å². The average Bonchev–Trinajstić information content (AvgIpc) is 3.19. The summed E-state index contributed by atoms with van der Waals surface area (Å²) in [6.45, 7) is 1.43. The molecule has 140 valence electrons. The Kier molecular flexibility index (Phi) is 6.13. The zero-order chi connectivity index (χ0) is 18.4. The summed E-state index contributed by atoms with van der Waals surface area (Å²) in [6, 6.07) is 13.7. The highest BCUT2D eigenvalue weighted by atomic mass is 32.2. The second-order valence-electron chi connectivity index (χ2n) is 6.07. The van der Waals surface area contributed by atoms with Crippen LogP contribution in [0.25, 0.3) is 0 Å². The van der Waals surface area contributed by atoms with Crippen molar-refractivity contribution in [2.75, 3.05) is 20.3 Å². The number of methoxy groups -OCH3 is 1. The molecule has 1 atom stereocenters. The van der Waals surface area contributed by atoms with Crippen LogP contribution in [-0.2, 0) is 21.3 Å². The predicted octanol–water partition coefficient (Wildman–Crippen LogP) is 2.73. The van der Waals surface area contributed by atoms with E-state index in [9.17, 15) is 8.42 Å². The molecular weight excluding hydrogens is 354 g/mol. The van der Waals surface area contributed by atoms with Crippen LogP contribution in [-0.4, -0.2) is 34.8 Å². The minimum Gasteiger partial charge on any atom is -0.493 e. The quantitative estimate of drug-likeness (QED) is 0.766. The molecule has 1 unspecified atom stereocenters. The lowest BCUT2D eigenvalue weighted by Crippen LogP contribution is -2.23. The SMILES string of the molecule is COc1cc(CNS(=O)(=O)c2ccccc2)ccc1OCC1CCCO1. The smallest absolute Gasteiger partial charge is 0.240 e. The molecule has 26 heavy (non-hydrogen) atoms. The van der Waals surface area contributed by atoms with Crippen molar-refractivity contribution in [3.8, 4) is 11.5 Å². The summed E-state index contributed by atoms with van der Waals surface area (Å²) in [5, 5.41) is 0. The van der Waals surface area contributed by atoms with Gasteiger partial charge in [-0.3, -0.25) is 0 Å². The summed E-state index contributed by atoms with van der Waals surface area (Å²) in [4.78, 5) is 0.239. The number of hydrogen-bond donors (Lipinski definition) is 1. The van der Waals surface area contributed by atoms with Crippen molar-refractivity contribution in [1.82, 2.24) is 4.72 Å². The van der Waals surface area contributed by atoms with Crippen LogP contribution in [0.4, 0.5) is 0 Å². The van der Waals surface area contributed by atoms with Gasteiger partial charge < -0.3 is 14.2 Å². The maximum absolute atomic E-state index is 12.3. The lowest BCUT2D eigenvalue weighted by Gasteiger charge is -2.15. The van der Waals surface area contributed by atoms with Gasteiger partial charge in [0, 0.05) is 13.2 Å². The maximum atomic E-state index is 12.3. The second kappa shape index (κ2) is 8.53. The molecule has 2 aromatic rings. The summed E-state index contributed by atoms with van der Waals surface area (Å²) in [7, 11) is -1.99. The Hall–Kier alpha value is -2.09. The monoisotopic (exact) mass is 377 g/mol. The minimum atomic E-state index is -3.55. The van der Waals surface area contributed by atoms with Gasteiger partial charge in [-0.1, -0.05) is 24.3 Å². The number of sulfonamides is 1. The normalized spacial score (nSPS) is 17.2. The van der Waals surface area contributed by atoms with E-state index in [1.165, 1.54) is 0 Å². The molecule has 1 aliphatic rings. The molecule has 0 aromatic heterocycles. The van der Waals surface area contributed by atoms with Gasteiger partial charge >= 0.3 is 0 Å². The van der Waals surface area contributed by atoms with Crippen LogP contribution in [0.3, 0.4) is 0 Å². The van der Waals surface area contributed by atoms with Gasteiger partial charge in [0.2, 0.25) is 10.0 Å². The average molecular weight is 377 g/mol. The van der Waals surface area contributed by atoms with Crippen LogP contribution >= 0.6 is 0 Å². The van der Waals surface area contributed by atoms with Crippen molar-refractivity contribution >= 4 is 10.0 Å². The Balaban J connectivity index is 1.63. The van der Waals surface area contributed by atoms with Crippen LogP contribution in [0.15, 0.2) is 53.4 Å². The highest BCUT2D eigenvalue weighted by molar-refractivity contribution is 7.89. The fourth-order valence-corrected chi connectivity index (χ4v) is 3.80. The molecule has 1 fully saturated rings. The molecule has 0 radical (unpaired) electrons. The Labute approximate surface area is 154 Å². The Morgan fingerprint density at radius 3 is 2.65 bits per heavy atom. The third kappa shape index (κ3) is 4.75. The van der Waals surface area contributed by atoms with Crippen molar-refractivity contribution in [1.29, 1.82) is 0 Å². The molecule has 2 aromatic carbocycles. The number of ether oxygens (including phenoxy) is 3. The Morgan fingerprint density at radius 2 is 1.96 bits per heavy atom. The van der Waals surface area contributed by atoms with Gasteiger partial charge in [-0.05, 0) is 42.7 Å². The molecule has 1 N–H and O–H groups in total. The van der Waals surface area contributed by atoms with Gasteiger partial charge in [0.25, 0.3) is 0 Å². The third-order valence-electron chi connectivity index (χ3n) is 4.20. The zero-order valence-electron chi connectivity index (χ0n) is 14.7. The summed E-state index contributed by atoms with van der Waals surface area (Å²) < 4.78 is 43.9. The van der Waals surface area contributed by atoms with E-state index < -0.39 is 10.0 Å². The highest BCUT2D eigenvalue weighted by Gasteiger charge is 2.18. The standard InChI is InChI=1S/C19H23NO5S/c1-23-19-12-15(9-10-18(19)25-14-16-6-5-11-24-16)13-20-26(21,22)17-7-3-2-4-8-17/h2-4,7-10,12,16,20H,5-6,11,13-14H2,1H3. The first-order valence-corrected chi connectivity index (χ1v) is 10.0. The Morgan fingerprint density at radius 1 is 1.15 bits per heavy atom. The topological polar surface area (TPSA) is 73.9 Å². The summed E-state index contributed by atoms with van der Waals surface area (Å²) in [6.07, 6.45) is 2.19. The maximum Gasteiger partial charge on any atom is 0.240 e. The number of nitrogens with one attached hydrogen (secondary N) is 1. The predicted molar refractivity (Wildman–Crippen MR) is 97.9 cm³/mol. The van der Waals surface area contributed by atoms with Gasteiger partial charge in [-0.25, -0.2) is 13.1 Å². The van der Waals surface area contributed by atoms with E-state index in [1.807, 2.05) is 6.07 Å². The lowest BCUT2D eigenvalue weighted by molar-refractivity contribution is 0.0669. The zero-order valence-corrected chi connectivity index (χ0v) is 15.5. The van der Waals surface area contributed by atoms with Crippen molar-refractivity contribution in [2.24, 2.45) is 0 Å². The molecule has 0 bridgehead atoms. The van der Waals surface area contributed by atoms with Gasteiger partial charge in [-0.15, -0.1) is 0 Å². The first-order valence-electron chi connectivity index (χ1n) is 8.54.